The number of rotatable bonds is 7. The third-order valence-corrected chi connectivity index (χ3v) is 3.90. The number of aromatic nitrogens is 2. The number of carbonyl (C=O) groups excluding carboxylic acids is 2. The van der Waals surface area contributed by atoms with E-state index in [1.54, 1.807) is 48.5 Å². The monoisotopic (exact) mass is 390 g/mol. The van der Waals surface area contributed by atoms with Gasteiger partial charge >= 0.3 is 0 Å². The minimum Gasteiger partial charge on any atom is -0.491 e. The zero-order chi connectivity index (χ0) is 20.8. The molecular formula is C22H22N4O3. The SMILES string of the molecule is CC(=O)c1cccc(Nc2nccc(C(=O)Nc3ccc(OC(C)C)cc3)n2)c1. The van der Waals surface area contributed by atoms with Crippen molar-refractivity contribution in [1.29, 1.82) is 0 Å². The Morgan fingerprint density at radius 1 is 1.00 bits per heavy atom. The van der Waals surface area contributed by atoms with Crippen LogP contribution in [-0.4, -0.2) is 27.8 Å². The summed E-state index contributed by atoms with van der Waals surface area (Å²) in [7, 11) is 0. The molecule has 1 aromatic heterocycles. The summed E-state index contributed by atoms with van der Waals surface area (Å²) in [6.45, 7) is 5.40. The van der Waals surface area contributed by atoms with Gasteiger partial charge < -0.3 is 15.4 Å². The summed E-state index contributed by atoms with van der Waals surface area (Å²) in [6, 6.07) is 15.7. The predicted octanol–water partition coefficient (Wildman–Crippen LogP) is 4.46. The molecule has 2 aromatic carbocycles. The number of anilines is 3. The van der Waals surface area contributed by atoms with Crippen molar-refractivity contribution in [1.82, 2.24) is 9.97 Å². The molecule has 0 bridgehead atoms. The fourth-order valence-corrected chi connectivity index (χ4v) is 2.57. The number of nitrogens with zero attached hydrogens (tertiary/aromatic N) is 2. The summed E-state index contributed by atoms with van der Waals surface area (Å²) >= 11 is 0. The van der Waals surface area contributed by atoms with Crippen molar-refractivity contribution in [3.8, 4) is 5.75 Å². The highest BCUT2D eigenvalue weighted by Gasteiger charge is 2.10. The van der Waals surface area contributed by atoms with E-state index in [9.17, 15) is 9.59 Å². The molecule has 0 spiro atoms. The van der Waals surface area contributed by atoms with E-state index >= 15 is 0 Å². The van der Waals surface area contributed by atoms with Crippen LogP contribution >= 0.6 is 0 Å². The first kappa shape index (κ1) is 20.0. The zero-order valence-corrected chi connectivity index (χ0v) is 16.5. The normalized spacial score (nSPS) is 10.5. The first-order chi connectivity index (χ1) is 13.9. The van der Waals surface area contributed by atoms with Gasteiger partial charge in [0.2, 0.25) is 5.95 Å². The molecule has 148 valence electrons. The molecule has 0 saturated carbocycles. The summed E-state index contributed by atoms with van der Waals surface area (Å²) in [5, 5.41) is 5.81. The second kappa shape index (κ2) is 8.97. The van der Waals surface area contributed by atoms with Gasteiger partial charge in [0.1, 0.15) is 11.4 Å². The van der Waals surface area contributed by atoms with Crippen molar-refractivity contribution in [3.63, 3.8) is 0 Å². The molecule has 1 heterocycles. The maximum Gasteiger partial charge on any atom is 0.274 e. The number of ether oxygens (including phenoxy) is 1. The third-order valence-electron chi connectivity index (χ3n) is 3.90. The van der Waals surface area contributed by atoms with Crippen LogP contribution in [0, 0.1) is 0 Å². The zero-order valence-electron chi connectivity index (χ0n) is 16.5. The van der Waals surface area contributed by atoms with Gasteiger partial charge in [0.05, 0.1) is 6.10 Å². The van der Waals surface area contributed by atoms with E-state index in [1.807, 2.05) is 13.8 Å². The molecule has 3 rings (SSSR count). The quantitative estimate of drug-likeness (QED) is 0.579. The second-order valence-electron chi connectivity index (χ2n) is 6.67. The largest absolute Gasteiger partial charge is 0.491 e. The Hall–Kier alpha value is -3.74. The van der Waals surface area contributed by atoms with Crippen LogP contribution in [0.2, 0.25) is 0 Å². The molecule has 0 aliphatic heterocycles. The number of carbonyl (C=O) groups is 2. The molecular weight excluding hydrogens is 368 g/mol. The third kappa shape index (κ3) is 5.62. The average Bonchev–Trinajstić information content (AvgIpc) is 2.69. The Morgan fingerprint density at radius 3 is 2.45 bits per heavy atom. The number of benzene rings is 2. The van der Waals surface area contributed by atoms with Crippen LogP contribution in [0.25, 0.3) is 0 Å². The van der Waals surface area contributed by atoms with E-state index < -0.39 is 0 Å². The van der Waals surface area contributed by atoms with Crippen molar-refractivity contribution in [2.75, 3.05) is 10.6 Å². The van der Waals surface area contributed by atoms with Gasteiger partial charge in [-0.15, -0.1) is 0 Å². The van der Waals surface area contributed by atoms with Gasteiger partial charge in [-0.05, 0) is 63.2 Å². The number of amides is 1. The summed E-state index contributed by atoms with van der Waals surface area (Å²) in [4.78, 5) is 32.4. The minimum atomic E-state index is -0.356. The van der Waals surface area contributed by atoms with Crippen LogP contribution in [-0.2, 0) is 0 Å². The number of Topliss-reactive ketones (excluding diaryl/α,β-unsaturated/α-hetero) is 1. The van der Waals surface area contributed by atoms with Crippen molar-refractivity contribution in [3.05, 3.63) is 72.1 Å². The standard InChI is InChI=1S/C22H22N4O3/c1-14(2)29-19-9-7-17(8-10-19)24-21(28)20-11-12-23-22(26-20)25-18-6-4-5-16(13-18)15(3)27/h4-14H,1-3H3,(H,24,28)(H,23,25,26). The highest BCUT2D eigenvalue weighted by atomic mass is 16.5. The van der Waals surface area contributed by atoms with Gasteiger partial charge in [0.15, 0.2) is 5.78 Å². The lowest BCUT2D eigenvalue weighted by molar-refractivity contribution is 0.101. The summed E-state index contributed by atoms with van der Waals surface area (Å²) in [5.41, 5.74) is 2.09. The minimum absolute atomic E-state index is 0.0347. The molecule has 29 heavy (non-hydrogen) atoms. The Kier molecular flexibility index (Phi) is 6.19. The topological polar surface area (TPSA) is 93.2 Å². The average molecular weight is 390 g/mol. The van der Waals surface area contributed by atoms with Crippen LogP contribution in [0.5, 0.6) is 5.75 Å². The number of ketones is 1. The summed E-state index contributed by atoms with van der Waals surface area (Å²) in [5.74, 6) is 0.608. The van der Waals surface area contributed by atoms with Crippen molar-refractivity contribution < 1.29 is 14.3 Å². The van der Waals surface area contributed by atoms with Gasteiger partial charge in [-0.1, -0.05) is 12.1 Å². The van der Waals surface area contributed by atoms with Gasteiger partial charge in [0.25, 0.3) is 5.91 Å². The van der Waals surface area contributed by atoms with E-state index in [4.69, 9.17) is 4.74 Å². The van der Waals surface area contributed by atoms with Gasteiger partial charge in [-0.2, -0.15) is 0 Å². The molecule has 0 unspecified atom stereocenters. The Labute approximate surface area is 169 Å². The molecule has 0 aliphatic carbocycles. The fourth-order valence-electron chi connectivity index (χ4n) is 2.57. The smallest absolute Gasteiger partial charge is 0.274 e. The van der Waals surface area contributed by atoms with E-state index in [-0.39, 0.29) is 29.4 Å². The summed E-state index contributed by atoms with van der Waals surface area (Å²) in [6.07, 6.45) is 1.58. The van der Waals surface area contributed by atoms with Crippen LogP contribution in [0.3, 0.4) is 0 Å². The second-order valence-corrected chi connectivity index (χ2v) is 6.67. The van der Waals surface area contributed by atoms with E-state index in [1.165, 1.54) is 19.2 Å². The van der Waals surface area contributed by atoms with Crippen molar-refractivity contribution in [2.45, 2.75) is 26.9 Å². The first-order valence-electron chi connectivity index (χ1n) is 9.20. The Bertz CT molecular complexity index is 1020. The molecule has 0 saturated heterocycles. The van der Waals surface area contributed by atoms with Crippen LogP contribution in [0.4, 0.5) is 17.3 Å². The van der Waals surface area contributed by atoms with Gasteiger partial charge in [0, 0.05) is 23.1 Å². The molecule has 7 heteroatoms. The molecule has 1 amide bonds. The molecule has 7 nitrogen and oxygen atoms in total. The molecule has 0 aliphatic rings. The van der Waals surface area contributed by atoms with E-state index in [2.05, 4.69) is 20.6 Å². The Balaban J connectivity index is 1.69. The predicted molar refractivity (Wildman–Crippen MR) is 112 cm³/mol. The summed E-state index contributed by atoms with van der Waals surface area (Å²) < 4.78 is 5.59. The first-order valence-corrected chi connectivity index (χ1v) is 9.20. The lowest BCUT2D eigenvalue weighted by atomic mass is 10.1. The fraction of sp³-hybridized carbons (Fsp3) is 0.182. The number of hydrogen-bond acceptors (Lipinski definition) is 6. The van der Waals surface area contributed by atoms with Crippen LogP contribution in [0.15, 0.2) is 60.8 Å². The highest BCUT2D eigenvalue weighted by molar-refractivity contribution is 6.03. The van der Waals surface area contributed by atoms with Gasteiger partial charge in [-0.3, -0.25) is 9.59 Å². The maximum atomic E-state index is 12.5. The Morgan fingerprint density at radius 2 is 1.76 bits per heavy atom. The van der Waals surface area contributed by atoms with Crippen molar-refractivity contribution in [2.24, 2.45) is 0 Å². The van der Waals surface area contributed by atoms with Crippen molar-refractivity contribution >= 4 is 29.0 Å². The highest BCUT2D eigenvalue weighted by Crippen LogP contribution is 2.18. The molecule has 0 radical (unpaired) electrons. The van der Waals surface area contributed by atoms with Crippen LogP contribution in [0.1, 0.15) is 41.6 Å². The number of nitrogens with one attached hydrogen (secondary N) is 2. The number of hydrogen-bond donors (Lipinski definition) is 2. The molecule has 0 fully saturated rings. The molecule has 0 atom stereocenters. The van der Waals surface area contributed by atoms with E-state index in [0.717, 1.165) is 5.75 Å². The maximum absolute atomic E-state index is 12.5. The molecule has 3 aromatic rings. The lowest BCUT2D eigenvalue weighted by Gasteiger charge is -2.11. The lowest BCUT2D eigenvalue weighted by Crippen LogP contribution is -2.15. The van der Waals surface area contributed by atoms with E-state index in [0.29, 0.717) is 16.9 Å². The molecule has 2 N–H and O–H groups in total. The van der Waals surface area contributed by atoms with Crippen LogP contribution < -0.4 is 15.4 Å². The van der Waals surface area contributed by atoms with Gasteiger partial charge in [-0.25, -0.2) is 9.97 Å².